The summed E-state index contributed by atoms with van der Waals surface area (Å²) in [6, 6.07) is 4.47. The lowest BCUT2D eigenvalue weighted by Gasteiger charge is -2.32. The molecule has 0 saturated carbocycles. The van der Waals surface area contributed by atoms with E-state index in [1.54, 1.807) is 12.1 Å². The fourth-order valence-corrected chi connectivity index (χ4v) is 2.98. The summed E-state index contributed by atoms with van der Waals surface area (Å²) in [6.45, 7) is 2.85. The van der Waals surface area contributed by atoms with E-state index in [9.17, 15) is 4.39 Å². The average molecular weight is 301 g/mol. The first-order valence-corrected chi connectivity index (χ1v) is 7.42. The van der Waals surface area contributed by atoms with Crippen molar-refractivity contribution >= 4 is 11.6 Å². The molecule has 0 radical (unpaired) electrons. The molecule has 1 saturated heterocycles. The third-order valence-electron chi connectivity index (χ3n) is 3.87. The molecule has 0 amide bonds. The second kappa shape index (κ2) is 7.36. The van der Waals surface area contributed by atoms with Gasteiger partial charge in [-0.3, -0.25) is 4.90 Å². The van der Waals surface area contributed by atoms with Gasteiger partial charge in [0.05, 0.1) is 6.61 Å². The molecule has 2 rings (SSSR count). The smallest absolute Gasteiger partial charge is 0.128 e. The summed E-state index contributed by atoms with van der Waals surface area (Å²) in [5.41, 5.74) is 6.42. The number of hydrogen-bond acceptors (Lipinski definition) is 3. The minimum atomic E-state index is -0.253. The van der Waals surface area contributed by atoms with Gasteiger partial charge in [0.15, 0.2) is 0 Å². The molecule has 1 aliphatic heterocycles. The van der Waals surface area contributed by atoms with Crippen molar-refractivity contribution in [3.8, 4) is 0 Å². The number of hydrogen-bond donors (Lipinski definition) is 1. The zero-order valence-corrected chi connectivity index (χ0v) is 12.6. The molecule has 5 heteroatoms. The standard InChI is InChI=1S/C15H22ClFN2O/c1-19(9-11-3-2-6-20-10-11)15(8-18)13-7-12(16)4-5-14(13)17/h4-5,7,11,15H,2-3,6,8-10,18H2,1H3. The van der Waals surface area contributed by atoms with Crippen LogP contribution in [0.2, 0.25) is 5.02 Å². The molecule has 0 spiro atoms. The third kappa shape index (κ3) is 3.92. The van der Waals surface area contributed by atoms with Gasteiger partial charge in [0.25, 0.3) is 0 Å². The minimum Gasteiger partial charge on any atom is -0.381 e. The van der Waals surface area contributed by atoms with Crippen molar-refractivity contribution in [3.05, 3.63) is 34.6 Å². The van der Waals surface area contributed by atoms with E-state index in [-0.39, 0.29) is 11.9 Å². The number of rotatable bonds is 5. The predicted octanol–water partition coefficient (Wildman–Crippen LogP) is 2.84. The molecule has 2 atom stereocenters. The van der Waals surface area contributed by atoms with Crippen LogP contribution in [0.15, 0.2) is 18.2 Å². The summed E-state index contributed by atoms with van der Waals surface area (Å²) in [5, 5.41) is 0.536. The van der Waals surface area contributed by atoms with Crippen molar-refractivity contribution in [1.29, 1.82) is 0 Å². The third-order valence-corrected chi connectivity index (χ3v) is 4.11. The Kier molecular flexibility index (Phi) is 5.78. The van der Waals surface area contributed by atoms with Crippen molar-refractivity contribution in [2.45, 2.75) is 18.9 Å². The Morgan fingerprint density at radius 1 is 1.55 bits per heavy atom. The lowest BCUT2D eigenvalue weighted by Crippen LogP contribution is -2.37. The number of nitrogens with two attached hydrogens (primary N) is 1. The molecule has 2 N–H and O–H groups in total. The second-order valence-electron chi connectivity index (χ2n) is 5.44. The maximum Gasteiger partial charge on any atom is 0.128 e. The van der Waals surface area contributed by atoms with Gasteiger partial charge in [-0.25, -0.2) is 4.39 Å². The zero-order valence-electron chi connectivity index (χ0n) is 11.8. The highest BCUT2D eigenvalue weighted by Crippen LogP contribution is 2.26. The maximum absolute atomic E-state index is 14.0. The maximum atomic E-state index is 14.0. The van der Waals surface area contributed by atoms with Crippen molar-refractivity contribution in [2.75, 3.05) is 33.4 Å². The number of benzene rings is 1. The van der Waals surface area contributed by atoms with E-state index in [1.807, 2.05) is 7.05 Å². The van der Waals surface area contributed by atoms with Crippen molar-refractivity contribution < 1.29 is 9.13 Å². The number of ether oxygens (including phenoxy) is 1. The number of halogens is 2. The summed E-state index contributed by atoms with van der Waals surface area (Å²) in [7, 11) is 1.98. The fourth-order valence-electron chi connectivity index (χ4n) is 2.80. The van der Waals surface area contributed by atoms with Crippen molar-refractivity contribution in [1.82, 2.24) is 4.90 Å². The molecule has 1 heterocycles. The normalized spacial score (nSPS) is 21.1. The van der Waals surface area contributed by atoms with Crippen LogP contribution in [0.4, 0.5) is 4.39 Å². The summed E-state index contributed by atoms with van der Waals surface area (Å²) < 4.78 is 19.5. The lowest BCUT2D eigenvalue weighted by molar-refractivity contribution is 0.0363. The highest BCUT2D eigenvalue weighted by Gasteiger charge is 2.23. The van der Waals surface area contributed by atoms with Gasteiger partial charge in [0.2, 0.25) is 0 Å². The first-order chi connectivity index (χ1) is 9.61. The molecule has 1 aliphatic rings. The van der Waals surface area contributed by atoms with Crippen molar-refractivity contribution in [2.24, 2.45) is 11.7 Å². The zero-order chi connectivity index (χ0) is 14.5. The fraction of sp³-hybridized carbons (Fsp3) is 0.600. The molecule has 112 valence electrons. The monoisotopic (exact) mass is 300 g/mol. The Bertz CT molecular complexity index is 438. The summed E-state index contributed by atoms with van der Waals surface area (Å²) in [5.74, 6) is 0.238. The van der Waals surface area contributed by atoms with Crippen LogP contribution in [0.5, 0.6) is 0 Å². The second-order valence-corrected chi connectivity index (χ2v) is 5.88. The van der Waals surface area contributed by atoms with Gasteiger partial charge >= 0.3 is 0 Å². The summed E-state index contributed by atoms with van der Waals surface area (Å²) in [6.07, 6.45) is 2.25. The SMILES string of the molecule is CN(CC1CCCOC1)C(CN)c1cc(Cl)ccc1F. The molecule has 1 aromatic carbocycles. The van der Waals surface area contributed by atoms with Crippen LogP contribution in [0.25, 0.3) is 0 Å². The van der Waals surface area contributed by atoms with E-state index >= 15 is 0 Å². The minimum absolute atomic E-state index is 0.157. The number of nitrogens with zero attached hydrogens (tertiary/aromatic N) is 1. The molecule has 2 unspecified atom stereocenters. The molecule has 1 fully saturated rings. The Morgan fingerprint density at radius 3 is 3.00 bits per heavy atom. The van der Waals surface area contributed by atoms with Gasteiger partial charge in [0, 0.05) is 36.3 Å². The van der Waals surface area contributed by atoms with E-state index in [0.717, 1.165) is 32.6 Å². The quantitative estimate of drug-likeness (QED) is 0.909. The van der Waals surface area contributed by atoms with Crippen LogP contribution in [0.3, 0.4) is 0 Å². The molecular formula is C15H22ClFN2O. The summed E-state index contributed by atoms with van der Waals surface area (Å²) in [4.78, 5) is 2.11. The first kappa shape index (κ1) is 15.7. The van der Waals surface area contributed by atoms with Crippen LogP contribution in [0.1, 0.15) is 24.4 Å². The lowest BCUT2D eigenvalue weighted by atomic mass is 9.99. The first-order valence-electron chi connectivity index (χ1n) is 7.04. The Labute approximate surface area is 124 Å². The topological polar surface area (TPSA) is 38.5 Å². The van der Waals surface area contributed by atoms with Gasteiger partial charge in [-0.1, -0.05) is 11.6 Å². The Hall–Kier alpha value is -0.680. The van der Waals surface area contributed by atoms with Crippen LogP contribution < -0.4 is 5.73 Å². The van der Waals surface area contributed by atoms with Crippen molar-refractivity contribution in [3.63, 3.8) is 0 Å². The molecular weight excluding hydrogens is 279 g/mol. The highest BCUT2D eigenvalue weighted by molar-refractivity contribution is 6.30. The van der Waals surface area contributed by atoms with Gasteiger partial charge in [-0.15, -0.1) is 0 Å². The number of likely N-dealkylation sites (N-methyl/N-ethyl adjacent to an activating group) is 1. The van der Waals surface area contributed by atoms with Crippen LogP contribution in [0, 0.1) is 11.7 Å². The van der Waals surface area contributed by atoms with Gasteiger partial charge < -0.3 is 10.5 Å². The van der Waals surface area contributed by atoms with E-state index < -0.39 is 0 Å². The van der Waals surface area contributed by atoms with Crippen LogP contribution in [-0.4, -0.2) is 38.3 Å². The Balaban J connectivity index is 2.07. The van der Waals surface area contributed by atoms with E-state index in [2.05, 4.69) is 4.90 Å². The molecule has 3 nitrogen and oxygen atoms in total. The van der Waals surface area contributed by atoms with E-state index in [1.165, 1.54) is 6.07 Å². The van der Waals surface area contributed by atoms with Gasteiger partial charge in [-0.05, 0) is 44.0 Å². The molecule has 20 heavy (non-hydrogen) atoms. The molecule has 0 aliphatic carbocycles. The molecule has 0 aromatic heterocycles. The predicted molar refractivity (Wildman–Crippen MR) is 79.4 cm³/mol. The van der Waals surface area contributed by atoms with Crippen LogP contribution in [-0.2, 0) is 4.74 Å². The Morgan fingerprint density at radius 2 is 2.35 bits per heavy atom. The van der Waals surface area contributed by atoms with Gasteiger partial charge in [-0.2, -0.15) is 0 Å². The van der Waals surface area contributed by atoms with Gasteiger partial charge in [0.1, 0.15) is 5.82 Å². The highest BCUT2D eigenvalue weighted by atomic mass is 35.5. The van der Waals surface area contributed by atoms with E-state index in [4.69, 9.17) is 22.1 Å². The molecule has 1 aromatic rings. The summed E-state index contributed by atoms with van der Waals surface area (Å²) >= 11 is 5.97. The van der Waals surface area contributed by atoms with E-state index in [0.29, 0.717) is 23.0 Å². The molecule has 0 bridgehead atoms. The largest absolute Gasteiger partial charge is 0.381 e. The average Bonchev–Trinajstić information content (AvgIpc) is 2.44. The van der Waals surface area contributed by atoms with Crippen LogP contribution >= 0.6 is 11.6 Å².